The molecular weight excluding hydrogens is 458 g/mol. The molecule has 130 valence electrons. The summed E-state index contributed by atoms with van der Waals surface area (Å²) in [7, 11) is 2.98. The normalized spacial score (nSPS) is 10.7. The smallest absolute Gasteiger partial charge is 0.263 e. The van der Waals surface area contributed by atoms with Gasteiger partial charge in [-0.25, -0.2) is 0 Å². The van der Waals surface area contributed by atoms with Crippen molar-refractivity contribution in [3.8, 4) is 17.2 Å². The summed E-state index contributed by atoms with van der Waals surface area (Å²) in [5.41, 5.74) is 0.928. The third kappa shape index (κ3) is 3.07. The highest BCUT2D eigenvalue weighted by Gasteiger charge is 2.27. The van der Waals surface area contributed by atoms with Gasteiger partial charge in [0.1, 0.15) is 33.5 Å². The number of anilines is 1. The van der Waals surface area contributed by atoms with Crippen LogP contribution < -0.4 is 14.8 Å². The molecule has 1 amide bonds. The maximum Gasteiger partial charge on any atom is 0.263 e. The zero-order valence-corrected chi connectivity index (χ0v) is 16.4. The van der Waals surface area contributed by atoms with Gasteiger partial charge in [0.15, 0.2) is 5.58 Å². The number of nitrogens with one attached hydrogen (secondary N) is 1. The zero-order chi connectivity index (χ0) is 18.1. The molecule has 1 aromatic heterocycles. The first-order valence-electron chi connectivity index (χ1n) is 7.08. The van der Waals surface area contributed by atoms with Crippen LogP contribution in [0, 0.1) is 0 Å². The lowest BCUT2D eigenvalue weighted by Crippen LogP contribution is -2.14. The number of rotatable bonds is 4. The Morgan fingerprint density at radius 3 is 2.44 bits per heavy atom. The number of ether oxygens (including phenoxy) is 2. The summed E-state index contributed by atoms with van der Waals surface area (Å²) in [5, 5.41) is 13.7. The first-order chi connectivity index (χ1) is 12.0. The molecule has 0 aliphatic carbocycles. The van der Waals surface area contributed by atoms with Crippen molar-refractivity contribution in [2.45, 2.75) is 0 Å². The molecule has 0 bridgehead atoms. The number of methoxy groups -OCH3 is 2. The van der Waals surface area contributed by atoms with Crippen molar-refractivity contribution < 1.29 is 23.8 Å². The molecule has 2 N–H and O–H groups in total. The van der Waals surface area contributed by atoms with Gasteiger partial charge in [0.2, 0.25) is 0 Å². The number of phenolic OH excluding ortho intramolecular Hbond substituents is 1. The lowest BCUT2D eigenvalue weighted by atomic mass is 10.1. The van der Waals surface area contributed by atoms with Gasteiger partial charge < -0.3 is 24.3 Å². The van der Waals surface area contributed by atoms with Crippen LogP contribution in [0.15, 0.2) is 43.9 Å². The van der Waals surface area contributed by atoms with E-state index in [-0.39, 0.29) is 21.5 Å². The van der Waals surface area contributed by atoms with Gasteiger partial charge in [0.25, 0.3) is 5.91 Å². The largest absolute Gasteiger partial charge is 0.506 e. The lowest BCUT2D eigenvalue weighted by Gasteiger charge is -2.14. The molecule has 0 aliphatic rings. The summed E-state index contributed by atoms with van der Waals surface area (Å²) >= 11 is 6.63. The van der Waals surface area contributed by atoms with E-state index in [1.54, 1.807) is 31.4 Å². The first kappa shape index (κ1) is 17.6. The Morgan fingerprint density at radius 1 is 1.16 bits per heavy atom. The molecule has 0 fully saturated rings. The van der Waals surface area contributed by atoms with Crippen LogP contribution in [0.4, 0.5) is 5.69 Å². The lowest BCUT2D eigenvalue weighted by molar-refractivity contribution is 0.102. The van der Waals surface area contributed by atoms with Crippen LogP contribution in [-0.2, 0) is 0 Å². The SMILES string of the molecule is COc1ccc(NC(=O)c2c(O)c(Br)c3occ(Br)c3c2OC)cc1. The van der Waals surface area contributed by atoms with Gasteiger partial charge in [-0.3, -0.25) is 4.79 Å². The first-order valence-corrected chi connectivity index (χ1v) is 8.67. The molecule has 3 aromatic rings. The van der Waals surface area contributed by atoms with E-state index in [1.807, 2.05) is 0 Å². The molecule has 0 saturated heterocycles. The molecule has 3 rings (SSSR count). The standard InChI is InChI=1S/C17H13Br2NO5/c1-23-9-5-3-8(4-6-9)20-17(22)12-14(21)13(19)16-11(15(12)24-2)10(18)7-25-16/h3-7,21H,1-2H3,(H,20,22). The summed E-state index contributed by atoms with van der Waals surface area (Å²) in [5.74, 6) is 0.0969. The minimum Gasteiger partial charge on any atom is -0.506 e. The predicted molar refractivity (Wildman–Crippen MR) is 101 cm³/mol. The van der Waals surface area contributed by atoms with Crippen molar-refractivity contribution in [3.63, 3.8) is 0 Å². The van der Waals surface area contributed by atoms with Gasteiger partial charge in [-0.15, -0.1) is 0 Å². The Morgan fingerprint density at radius 2 is 1.84 bits per heavy atom. The van der Waals surface area contributed by atoms with Gasteiger partial charge in [-0.05, 0) is 56.1 Å². The molecule has 0 radical (unpaired) electrons. The van der Waals surface area contributed by atoms with Crippen molar-refractivity contribution in [3.05, 3.63) is 45.0 Å². The molecule has 0 saturated carbocycles. The average Bonchev–Trinajstić information content (AvgIpc) is 3.00. The average molecular weight is 471 g/mol. The maximum absolute atomic E-state index is 12.7. The van der Waals surface area contributed by atoms with Crippen molar-refractivity contribution in [1.82, 2.24) is 0 Å². The van der Waals surface area contributed by atoms with E-state index in [1.165, 1.54) is 13.4 Å². The monoisotopic (exact) mass is 469 g/mol. The van der Waals surface area contributed by atoms with Crippen molar-refractivity contribution in [2.75, 3.05) is 19.5 Å². The number of carbonyl (C=O) groups is 1. The summed E-state index contributed by atoms with van der Waals surface area (Å²) in [6.07, 6.45) is 1.46. The molecule has 8 heteroatoms. The van der Waals surface area contributed by atoms with Gasteiger partial charge in [0.05, 0.1) is 24.1 Å². The van der Waals surface area contributed by atoms with E-state index in [0.29, 0.717) is 26.9 Å². The van der Waals surface area contributed by atoms with Crippen LogP contribution >= 0.6 is 31.9 Å². The number of hydrogen-bond donors (Lipinski definition) is 2. The quantitative estimate of drug-likeness (QED) is 0.564. The second-order valence-corrected chi connectivity index (χ2v) is 6.69. The molecule has 1 heterocycles. The van der Waals surface area contributed by atoms with Crippen LogP contribution in [0.2, 0.25) is 0 Å². The molecule has 2 aromatic carbocycles. The Labute approximate surface area is 160 Å². The van der Waals surface area contributed by atoms with E-state index in [4.69, 9.17) is 13.9 Å². The molecule has 25 heavy (non-hydrogen) atoms. The second-order valence-electron chi connectivity index (χ2n) is 5.04. The van der Waals surface area contributed by atoms with E-state index in [0.717, 1.165) is 0 Å². The van der Waals surface area contributed by atoms with Gasteiger partial charge >= 0.3 is 0 Å². The number of fused-ring (bicyclic) bond motifs is 1. The summed E-state index contributed by atoms with van der Waals surface area (Å²) in [6, 6.07) is 6.83. The highest BCUT2D eigenvalue weighted by Crippen LogP contribution is 2.46. The number of carbonyl (C=O) groups excluding carboxylic acids is 1. The Kier molecular flexibility index (Phi) is 4.91. The van der Waals surface area contributed by atoms with Crippen molar-refractivity contribution in [2.24, 2.45) is 0 Å². The van der Waals surface area contributed by atoms with Crippen LogP contribution in [0.3, 0.4) is 0 Å². The third-order valence-corrected chi connectivity index (χ3v) is 4.94. The predicted octanol–water partition coefficient (Wildman–Crippen LogP) is 4.93. The van der Waals surface area contributed by atoms with Crippen molar-refractivity contribution >= 4 is 54.4 Å². The molecule has 6 nitrogen and oxygen atoms in total. The van der Waals surface area contributed by atoms with Crippen LogP contribution in [0.5, 0.6) is 17.2 Å². The Balaban J connectivity index is 2.08. The van der Waals surface area contributed by atoms with Gasteiger partial charge in [-0.1, -0.05) is 0 Å². The fraction of sp³-hybridized carbons (Fsp3) is 0.118. The fourth-order valence-corrected chi connectivity index (χ4v) is 3.39. The number of amides is 1. The van der Waals surface area contributed by atoms with E-state index >= 15 is 0 Å². The number of benzene rings is 2. The third-order valence-electron chi connectivity index (χ3n) is 3.62. The summed E-state index contributed by atoms with van der Waals surface area (Å²) < 4.78 is 16.7. The maximum atomic E-state index is 12.7. The highest BCUT2D eigenvalue weighted by atomic mass is 79.9. The molecule has 0 atom stereocenters. The summed E-state index contributed by atoms with van der Waals surface area (Å²) in [6.45, 7) is 0. The Bertz CT molecular complexity index is 950. The minimum absolute atomic E-state index is 0.000192. The minimum atomic E-state index is -0.518. The van der Waals surface area contributed by atoms with E-state index in [9.17, 15) is 9.90 Å². The second kappa shape index (κ2) is 6.97. The van der Waals surface area contributed by atoms with Crippen LogP contribution in [-0.4, -0.2) is 25.2 Å². The van der Waals surface area contributed by atoms with Gasteiger partial charge in [-0.2, -0.15) is 0 Å². The number of furan rings is 1. The topological polar surface area (TPSA) is 80.9 Å². The van der Waals surface area contributed by atoms with E-state index < -0.39 is 5.91 Å². The molecule has 0 aliphatic heterocycles. The molecule has 0 spiro atoms. The summed E-state index contributed by atoms with van der Waals surface area (Å²) in [4.78, 5) is 12.7. The van der Waals surface area contributed by atoms with Crippen LogP contribution in [0.1, 0.15) is 10.4 Å². The number of phenols is 1. The highest BCUT2D eigenvalue weighted by molar-refractivity contribution is 9.11. The molecular formula is C17H13Br2NO5. The zero-order valence-electron chi connectivity index (χ0n) is 13.2. The van der Waals surface area contributed by atoms with Crippen LogP contribution in [0.25, 0.3) is 11.0 Å². The molecule has 0 unspecified atom stereocenters. The van der Waals surface area contributed by atoms with Crippen molar-refractivity contribution in [1.29, 1.82) is 0 Å². The number of hydrogen-bond acceptors (Lipinski definition) is 5. The van der Waals surface area contributed by atoms with Gasteiger partial charge in [0, 0.05) is 5.69 Å². The number of halogens is 2. The fourth-order valence-electron chi connectivity index (χ4n) is 2.44. The van der Waals surface area contributed by atoms with E-state index in [2.05, 4.69) is 37.2 Å². The Hall–Kier alpha value is -2.19. The number of aromatic hydroxyl groups is 1.